The van der Waals surface area contributed by atoms with Crippen LogP contribution in [-0.2, 0) is 9.53 Å². The van der Waals surface area contributed by atoms with E-state index in [1.54, 1.807) is 0 Å². The third-order valence-corrected chi connectivity index (χ3v) is 5.85. The second-order valence-electron chi connectivity index (χ2n) is 7.90. The number of benzene rings is 1. The molecule has 1 aromatic heterocycles. The van der Waals surface area contributed by atoms with Crippen LogP contribution in [0, 0.1) is 17.6 Å². The normalized spacial score (nSPS) is 24.5. The molecule has 0 bridgehead atoms. The molecule has 190 valence electrons. The van der Waals surface area contributed by atoms with Crippen LogP contribution in [-0.4, -0.2) is 41.3 Å². The molecular formula is C21H18F7N3O4. The number of carbonyl (C=O) groups excluding carboxylic acids is 2. The number of carbonyl (C=O) groups is 2. The first-order valence-corrected chi connectivity index (χ1v) is 9.91. The number of nitrogens with two attached hydrogens (primary N) is 1. The van der Waals surface area contributed by atoms with Crippen LogP contribution in [0.1, 0.15) is 35.8 Å². The van der Waals surface area contributed by atoms with E-state index < -0.39 is 71.1 Å². The minimum atomic E-state index is -5.04. The summed E-state index contributed by atoms with van der Waals surface area (Å²) >= 11 is 0. The van der Waals surface area contributed by atoms with Crippen molar-refractivity contribution in [2.24, 2.45) is 11.7 Å². The van der Waals surface area contributed by atoms with Crippen molar-refractivity contribution in [2.75, 3.05) is 5.32 Å². The van der Waals surface area contributed by atoms with Crippen LogP contribution < -0.4 is 15.8 Å². The second-order valence-corrected chi connectivity index (χ2v) is 7.90. The maximum Gasteiger partial charge on any atom is 0.417 e. The fourth-order valence-corrected chi connectivity index (χ4v) is 3.90. The van der Waals surface area contributed by atoms with Crippen LogP contribution >= 0.6 is 0 Å². The molecule has 4 unspecified atom stereocenters. The molecule has 1 aliphatic rings. The maximum atomic E-state index is 14.4. The number of alkyl halides is 5. The monoisotopic (exact) mass is 509 g/mol. The number of pyridine rings is 1. The molecule has 3 rings (SSSR count). The van der Waals surface area contributed by atoms with Gasteiger partial charge < -0.3 is 20.5 Å². The highest BCUT2D eigenvalue weighted by molar-refractivity contribution is 5.97. The zero-order chi connectivity index (χ0) is 26.3. The van der Waals surface area contributed by atoms with Crippen molar-refractivity contribution >= 4 is 17.5 Å². The number of primary amides is 1. The summed E-state index contributed by atoms with van der Waals surface area (Å²) in [6, 6.07) is 3.50. The van der Waals surface area contributed by atoms with Gasteiger partial charge in [-0.1, -0.05) is 13.0 Å². The lowest BCUT2D eigenvalue weighted by Crippen LogP contribution is -2.47. The first-order valence-electron chi connectivity index (χ1n) is 9.91. The first kappa shape index (κ1) is 26.2. The third-order valence-electron chi connectivity index (χ3n) is 5.85. The van der Waals surface area contributed by atoms with E-state index in [4.69, 9.17) is 10.5 Å². The van der Waals surface area contributed by atoms with Crippen LogP contribution in [0.15, 0.2) is 30.5 Å². The molecule has 4 atom stereocenters. The van der Waals surface area contributed by atoms with E-state index in [0.29, 0.717) is 13.0 Å². The van der Waals surface area contributed by atoms with Gasteiger partial charge in [-0.25, -0.2) is 4.39 Å². The highest BCUT2D eigenvalue weighted by Gasteiger charge is 2.66. The molecule has 0 aliphatic carbocycles. The number of hydrogen-bond donors (Lipinski definition) is 2. The zero-order valence-electron chi connectivity index (χ0n) is 18.0. The molecule has 1 aliphatic heterocycles. The van der Waals surface area contributed by atoms with Crippen LogP contribution in [0.25, 0.3) is 0 Å². The van der Waals surface area contributed by atoms with Gasteiger partial charge in [-0.2, -0.15) is 26.3 Å². The van der Waals surface area contributed by atoms with Gasteiger partial charge in [0.05, 0.1) is 0 Å². The number of rotatable bonds is 6. The van der Waals surface area contributed by atoms with E-state index in [-0.39, 0.29) is 11.4 Å². The van der Waals surface area contributed by atoms with E-state index >= 15 is 0 Å². The van der Waals surface area contributed by atoms with Gasteiger partial charge in [-0.15, -0.1) is 0 Å². The van der Waals surface area contributed by atoms with Crippen LogP contribution in [0.5, 0.6) is 5.75 Å². The zero-order valence-corrected chi connectivity index (χ0v) is 18.0. The number of amides is 2. The lowest BCUT2D eigenvalue weighted by atomic mass is 9.77. The number of hydrogen-bond acceptors (Lipinski definition) is 5. The number of anilines is 1. The van der Waals surface area contributed by atoms with Gasteiger partial charge in [-0.3, -0.25) is 14.6 Å². The SMILES string of the molecule is CC1C(c2ccc(F)c(F)c2OC(F)F)C(C(=O)Nc2ccnc(C(N)=O)c2)OC1(C)C(F)(F)F. The smallest absolute Gasteiger partial charge is 0.417 e. The van der Waals surface area contributed by atoms with E-state index in [2.05, 4.69) is 15.0 Å². The standard InChI is InChI=1S/C21H18F7N3O4/c1-8-13(10-3-4-11(22)14(23)15(10)34-19(24)25)16(35-20(8,2)21(26,27)28)18(33)31-9-5-6-30-12(7-9)17(29)32/h3-8,13,16,19H,1-2H3,(H2,29,32)(H,30,31,33). The molecule has 1 fully saturated rings. The third kappa shape index (κ3) is 4.88. The van der Waals surface area contributed by atoms with E-state index in [0.717, 1.165) is 25.3 Å². The largest absolute Gasteiger partial charge is 0.431 e. The molecule has 2 heterocycles. The molecular weight excluding hydrogens is 491 g/mol. The van der Waals surface area contributed by atoms with Gasteiger partial charge in [-0.05, 0) is 25.1 Å². The molecule has 0 saturated carbocycles. The Labute approximate surface area is 193 Å². The summed E-state index contributed by atoms with van der Waals surface area (Å²) in [5.74, 6) is -10.3. The summed E-state index contributed by atoms with van der Waals surface area (Å²) < 4.78 is 105. The Morgan fingerprint density at radius 3 is 2.46 bits per heavy atom. The number of aromatic nitrogens is 1. The second kappa shape index (κ2) is 9.32. The fourth-order valence-electron chi connectivity index (χ4n) is 3.90. The topological polar surface area (TPSA) is 104 Å². The lowest BCUT2D eigenvalue weighted by molar-refractivity contribution is -0.272. The Hall–Kier alpha value is -3.42. The minimum absolute atomic E-state index is 0.0937. The summed E-state index contributed by atoms with van der Waals surface area (Å²) in [7, 11) is 0. The Kier molecular flexibility index (Phi) is 6.97. The molecule has 7 nitrogen and oxygen atoms in total. The van der Waals surface area contributed by atoms with Crippen molar-refractivity contribution in [3.63, 3.8) is 0 Å². The average Bonchev–Trinajstić information content (AvgIpc) is 3.04. The van der Waals surface area contributed by atoms with Gasteiger partial charge in [0.15, 0.2) is 17.2 Å². The van der Waals surface area contributed by atoms with Crippen LogP contribution in [0.2, 0.25) is 0 Å². The number of ether oxygens (including phenoxy) is 2. The number of nitrogens with zero attached hydrogens (tertiary/aromatic N) is 1. The predicted octanol–water partition coefficient (Wildman–Crippen LogP) is 4.14. The van der Waals surface area contributed by atoms with E-state index in [1.165, 1.54) is 6.07 Å². The fraction of sp³-hybridized carbons (Fsp3) is 0.381. The molecule has 0 spiro atoms. The maximum absolute atomic E-state index is 14.4. The highest BCUT2D eigenvalue weighted by atomic mass is 19.4. The Bertz CT molecular complexity index is 1140. The van der Waals surface area contributed by atoms with Crippen molar-refractivity contribution in [1.29, 1.82) is 0 Å². The van der Waals surface area contributed by atoms with E-state index in [1.807, 2.05) is 0 Å². The quantitative estimate of drug-likeness (QED) is 0.570. The molecule has 35 heavy (non-hydrogen) atoms. The van der Waals surface area contributed by atoms with Crippen LogP contribution in [0.4, 0.5) is 36.4 Å². The van der Waals surface area contributed by atoms with Gasteiger partial charge in [0.1, 0.15) is 11.8 Å². The first-order chi connectivity index (χ1) is 16.2. The Morgan fingerprint density at radius 2 is 1.89 bits per heavy atom. The Balaban J connectivity index is 2.10. The lowest BCUT2D eigenvalue weighted by Gasteiger charge is -2.32. The summed E-state index contributed by atoms with van der Waals surface area (Å²) in [4.78, 5) is 28.0. The molecule has 2 aromatic rings. The summed E-state index contributed by atoms with van der Waals surface area (Å²) in [5.41, 5.74) is 1.14. The van der Waals surface area contributed by atoms with Gasteiger partial charge >= 0.3 is 12.8 Å². The molecule has 2 amide bonds. The minimum Gasteiger partial charge on any atom is -0.431 e. The summed E-state index contributed by atoms with van der Waals surface area (Å²) in [6.45, 7) is -1.98. The van der Waals surface area contributed by atoms with Crippen molar-refractivity contribution < 1.29 is 49.8 Å². The number of halogens is 7. The summed E-state index contributed by atoms with van der Waals surface area (Å²) in [6.07, 6.45) is -5.97. The number of nitrogens with one attached hydrogen (secondary N) is 1. The average molecular weight is 509 g/mol. The van der Waals surface area contributed by atoms with Gasteiger partial charge in [0.2, 0.25) is 5.82 Å². The van der Waals surface area contributed by atoms with Gasteiger partial charge in [0.25, 0.3) is 11.8 Å². The van der Waals surface area contributed by atoms with Gasteiger partial charge in [0, 0.05) is 29.3 Å². The Morgan fingerprint density at radius 1 is 1.23 bits per heavy atom. The van der Waals surface area contributed by atoms with E-state index in [9.17, 15) is 40.3 Å². The van der Waals surface area contributed by atoms with Crippen molar-refractivity contribution in [3.8, 4) is 5.75 Å². The van der Waals surface area contributed by atoms with Crippen molar-refractivity contribution in [3.05, 3.63) is 53.4 Å². The van der Waals surface area contributed by atoms with Crippen molar-refractivity contribution in [1.82, 2.24) is 4.98 Å². The van der Waals surface area contributed by atoms with Crippen LogP contribution in [0.3, 0.4) is 0 Å². The molecule has 1 aromatic carbocycles. The predicted molar refractivity (Wildman–Crippen MR) is 106 cm³/mol. The molecule has 14 heteroatoms. The van der Waals surface area contributed by atoms with Crippen molar-refractivity contribution in [2.45, 2.75) is 44.3 Å². The molecule has 3 N–H and O–H groups in total. The molecule has 1 saturated heterocycles. The summed E-state index contributed by atoms with van der Waals surface area (Å²) in [5, 5.41) is 2.24. The molecule has 0 radical (unpaired) electrons. The highest BCUT2D eigenvalue weighted by Crippen LogP contribution is 2.55.